The molecular formula is C54H65F2N3O9S2. The molecule has 2 saturated heterocycles. The first-order valence-electron chi connectivity index (χ1n) is 24.5. The van der Waals surface area contributed by atoms with Crippen LogP contribution < -0.4 is 4.74 Å². The summed E-state index contributed by atoms with van der Waals surface area (Å²) in [6.45, 7) is 10.2. The maximum absolute atomic E-state index is 16.7. The smallest absolute Gasteiger partial charge is 0.306 e. The van der Waals surface area contributed by atoms with Crippen molar-refractivity contribution in [2.75, 3.05) is 38.8 Å². The van der Waals surface area contributed by atoms with Gasteiger partial charge in [0.25, 0.3) is 10.0 Å². The number of aromatic nitrogens is 3. The molecule has 0 spiro atoms. The second-order valence-corrected chi connectivity index (χ2v) is 22.4. The molecule has 0 amide bonds. The molecular weight excluding hydrogens is 937 g/mol. The van der Waals surface area contributed by atoms with E-state index in [1.54, 1.807) is 46.9 Å². The molecule has 3 aromatic carbocycles. The first kappa shape index (κ1) is 51.5. The highest BCUT2D eigenvalue weighted by Gasteiger charge is 2.48. The summed E-state index contributed by atoms with van der Waals surface area (Å²) in [7, 11) is -4.39. The van der Waals surface area contributed by atoms with E-state index in [1.807, 2.05) is 31.2 Å². The number of nitrogens with zero attached hydrogens (tertiary/aromatic N) is 3. The van der Waals surface area contributed by atoms with E-state index in [0.29, 0.717) is 69.3 Å². The second kappa shape index (κ2) is 23.1. The third kappa shape index (κ3) is 12.2. The third-order valence-electron chi connectivity index (χ3n) is 13.0. The van der Waals surface area contributed by atoms with Gasteiger partial charge in [0.15, 0.2) is 17.9 Å². The topological polar surface area (TPSA) is 129 Å². The molecule has 16 heteroatoms. The summed E-state index contributed by atoms with van der Waals surface area (Å²) in [6.07, 6.45) is 12.6. The summed E-state index contributed by atoms with van der Waals surface area (Å²) in [5.74, 6) is -0.434. The Balaban J connectivity index is 0.883. The molecule has 4 unspecified atom stereocenters. The van der Waals surface area contributed by atoms with Crippen molar-refractivity contribution in [3.05, 3.63) is 131 Å². The van der Waals surface area contributed by atoms with Gasteiger partial charge in [0.05, 0.1) is 30.5 Å². The van der Waals surface area contributed by atoms with E-state index in [9.17, 15) is 13.2 Å². The summed E-state index contributed by atoms with van der Waals surface area (Å²) < 4.78 is 97.6. The van der Waals surface area contributed by atoms with Crippen molar-refractivity contribution < 1.29 is 50.4 Å². The molecule has 2 aliphatic heterocycles. The Labute approximate surface area is 414 Å². The number of carbonyl (C=O) groups excluding carboxylic acids is 1. The van der Waals surface area contributed by atoms with Gasteiger partial charge >= 0.3 is 5.97 Å². The van der Waals surface area contributed by atoms with Crippen LogP contribution in [-0.4, -0.2) is 78.0 Å². The van der Waals surface area contributed by atoms with E-state index < -0.39 is 26.4 Å². The van der Waals surface area contributed by atoms with E-state index >= 15 is 8.78 Å². The Morgan fingerprint density at radius 2 is 1.80 bits per heavy atom. The summed E-state index contributed by atoms with van der Waals surface area (Å²) in [6, 6.07) is 21.2. The number of esters is 1. The Morgan fingerprint density at radius 3 is 2.59 bits per heavy atom. The third-order valence-corrected chi connectivity index (χ3v) is 16.9. The van der Waals surface area contributed by atoms with E-state index in [0.717, 1.165) is 66.4 Å². The lowest BCUT2D eigenvalue weighted by atomic mass is 9.98. The van der Waals surface area contributed by atoms with Gasteiger partial charge in [-0.15, -0.1) is 0 Å². The second-order valence-electron chi connectivity index (χ2n) is 19.2. The number of rotatable bonds is 22. The van der Waals surface area contributed by atoms with Crippen LogP contribution in [-0.2, 0) is 50.7 Å². The quantitative estimate of drug-likeness (QED) is 0.0485. The fourth-order valence-electron chi connectivity index (χ4n) is 9.10. The normalized spacial score (nSPS) is 20.5. The van der Waals surface area contributed by atoms with Gasteiger partial charge in [-0.25, -0.2) is 25.9 Å². The van der Waals surface area contributed by atoms with Crippen molar-refractivity contribution in [1.82, 2.24) is 13.8 Å². The first-order valence-corrected chi connectivity index (χ1v) is 27.1. The number of carbonyl (C=O) groups is 1. The van der Waals surface area contributed by atoms with E-state index in [2.05, 4.69) is 31.1 Å². The van der Waals surface area contributed by atoms with Crippen molar-refractivity contribution in [1.29, 1.82) is 0 Å². The minimum Gasteiger partial charge on any atom is -0.466 e. The zero-order valence-electron chi connectivity index (χ0n) is 40.6. The Kier molecular flexibility index (Phi) is 17.0. The molecule has 0 N–H and O–H groups in total. The average Bonchev–Trinajstić information content (AvgIpc) is 4.04. The molecule has 5 aromatic rings. The van der Waals surface area contributed by atoms with Gasteiger partial charge in [0.1, 0.15) is 22.5 Å². The Hall–Kier alpha value is -4.84. The van der Waals surface area contributed by atoms with E-state index in [1.165, 1.54) is 41.4 Å². The summed E-state index contributed by atoms with van der Waals surface area (Å²) >= 11 is 1.74. The molecule has 376 valence electrons. The number of aryl methyl sites for hydroxylation is 1. The molecule has 70 heavy (non-hydrogen) atoms. The largest absolute Gasteiger partial charge is 0.466 e. The van der Waals surface area contributed by atoms with Crippen LogP contribution in [0.15, 0.2) is 109 Å². The highest BCUT2D eigenvalue weighted by Crippen LogP contribution is 2.41. The zero-order valence-corrected chi connectivity index (χ0v) is 42.2. The molecule has 0 bridgehead atoms. The number of hydrogen-bond acceptors (Lipinski definition) is 11. The number of allylic oxidation sites excluding steroid dienone is 2. The van der Waals surface area contributed by atoms with Gasteiger partial charge in [0, 0.05) is 67.5 Å². The first-order chi connectivity index (χ1) is 33.7. The van der Waals surface area contributed by atoms with E-state index in [4.69, 9.17) is 28.4 Å². The highest BCUT2D eigenvalue weighted by molar-refractivity contribution is 7.98. The fourth-order valence-corrected chi connectivity index (χ4v) is 12.0. The molecule has 1 aliphatic carbocycles. The fraction of sp³-hybridized carbons (Fsp3) is 0.481. The van der Waals surface area contributed by atoms with Gasteiger partial charge in [-0.05, 0) is 130 Å². The summed E-state index contributed by atoms with van der Waals surface area (Å²) in [4.78, 5) is 12.0. The van der Waals surface area contributed by atoms with Crippen LogP contribution in [0.25, 0.3) is 22.2 Å². The number of halogens is 2. The molecule has 8 rings (SSSR count). The lowest BCUT2D eigenvalue weighted by Crippen LogP contribution is -2.41. The van der Waals surface area contributed by atoms with Crippen LogP contribution >= 0.6 is 11.8 Å². The summed E-state index contributed by atoms with van der Waals surface area (Å²) in [5.41, 5.74) is 3.82. The van der Waals surface area contributed by atoms with Crippen LogP contribution in [0.5, 0.6) is 5.75 Å². The van der Waals surface area contributed by atoms with Gasteiger partial charge in [-0.3, -0.25) is 4.79 Å². The van der Waals surface area contributed by atoms with Crippen molar-refractivity contribution >= 4 is 38.7 Å². The molecule has 4 atom stereocenters. The SMILES string of the molecule is CCOC(=O)CCc1cccc(C(CCOCC(C)(C)CSCc2cccc3c2ccn3S(=O)(=O)C2(C)CC=CC(Oc3ccc(F)c(-c4ccn(C5CCCCO5)n4)c3)=C2F)OC2CCCCO2)c1. The maximum atomic E-state index is 16.7. The predicted molar refractivity (Wildman–Crippen MR) is 268 cm³/mol. The molecule has 12 nitrogen and oxygen atoms in total. The lowest BCUT2D eigenvalue weighted by molar-refractivity contribution is -0.193. The summed E-state index contributed by atoms with van der Waals surface area (Å²) in [5, 5.41) is 5.32. The van der Waals surface area contributed by atoms with Crippen molar-refractivity contribution in [3.8, 4) is 17.0 Å². The van der Waals surface area contributed by atoms with Crippen LogP contribution in [0.3, 0.4) is 0 Å². The Morgan fingerprint density at radius 1 is 0.986 bits per heavy atom. The number of benzene rings is 3. The van der Waals surface area contributed by atoms with Crippen molar-refractivity contribution in [2.45, 2.75) is 121 Å². The lowest BCUT2D eigenvalue weighted by Gasteiger charge is -2.30. The number of ether oxygens (including phenoxy) is 6. The predicted octanol–water partition coefficient (Wildman–Crippen LogP) is 11.9. The standard InChI is InChI=1S/C54H65F2N3O9S2/c1-5-64-50(60)23-20-38-13-10-14-39(33-38)47(68-51-19-7-9-31-66-51)26-32-63-36-53(2,3)37-69-35-40-15-11-16-46-42(40)24-29-59(46)70(61,62)54(4)27-12-17-48(52(54)56)67-41-21-22-44(55)43(34-41)45-25-28-58(57-45)49-18-6-8-30-65-49/h10-17,21-22,24-25,28-29,33-34,47,49,51H,5-9,18-20,23,26-27,30-32,35-37H2,1-4H3. The molecule has 2 aromatic heterocycles. The van der Waals surface area contributed by atoms with E-state index in [-0.39, 0.29) is 53.5 Å². The molecule has 0 saturated carbocycles. The maximum Gasteiger partial charge on any atom is 0.306 e. The molecule has 2 fully saturated rings. The number of thioether (sulfide) groups is 1. The van der Waals surface area contributed by atoms with Gasteiger partial charge in [-0.1, -0.05) is 56.3 Å². The molecule has 4 heterocycles. The number of hydrogen-bond donors (Lipinski definition) is 0. The van der Waals surface area contributed by atoms with Gasteiger partial charge in [0.2, 0.25) is 0 Å². The molecule has 3 aliphatic rings. The number of fused-ring (bicyclic) bond motifs is 1. The van der Waals surface area contributed by atoms with Crippen LogP contribution in [0.2, 0.25) is 0 Å². The Bertz CT molecular complexity index is 2760. The van der Waals surface area contributed by atoms with Crippen molar-refractivity contribution in [2.24, 2.45) is 5.41 Å². The monoisotopic (exact) mass is 1000 g/mol. The van der Waals surface area contributed by atoms with Crippen LogP contribution in [0.1, 0.15) is 115 Å². The van der Waals surface area contributed by atoms with Gasteiger partial charge in [-0.2, -0.15) is 16.9 Å². The van der Waals surface area contributed by atoms with Crippen LogP contribution in [0, 0.1) is 11.2 Å². The molecule has 0 radical (unpaired) electrons. The zero-order chi connectivity index (χ0) is 49.3. The highest BCUT2D eigenvalue weighted by atomic mass is 32.2. The average molecular weight is 1000 g/mol. The minimum atomic E-state index is -4.39. The van der Waals surface area contributed by atoms with Crippen LogP contribution in [0.4, 0.5) is 8.78 Å². The van der Waals surface area contributed by atoms with Gasteiger partial charge < -0.3 is 28.4 Å². The van der Waals surface area contributed by atoms with Crippen molar-refractivity contribution in [3.63, 3.8) is 0 Å². The minimum absolute atomic E-state index is 0.121.